The summed E-state index contributed by atoms with van der Waals surface area (Å²) in [5.74, 6) is 6.10. The standard InChI is InChI=1S/C16H24N2O2S/c1-4-13(2)12-14(3)18-21(19,20)16-9-7-15(8-10-16)6-5-11-17/h7-10,13-14,18H,4,11-12,17H2,1-3H3. The number of rotatable bonds is 6. The number of nitrogens with one attached hydrogen (secondary N) is 1. The lowest BCUT2D eigenvalue weighted by molar-refractivity contribution is 0.445. The maximum atomic E-state index is 12.3. The first-order valence-electron chi connectivity index (χ1n) is 7.20. The van der Waals surface area contributed by atoms with Gasteiger partial charge in [0.1, 0.15) is 0 Å². The van der Waals surface area contributed by atoms with Crippen LogP contribution in [0.15, 0.2) is 29.2 Å². The van der Waals surface area contributed by atoms with Crippen molar-refractivity contribution in [3.63, 3.8) is 0 Å². The Morgan fingerprint density at radius 3 is 2.38 bits per heavy atom. The lowest BCUT2D eigenvalue weighted by Gasteiger charge is -2.17. The number of benzene rings is 1. The van der Waals surface area contributed by atoms with E-state index >= 15 is 0 Å². The first-order chi connectivity index (χ1) is 9.89. The highest BCUT2D eigenvalue weighted by Crippen LogP contribution is 2.14. The Bertz CT molecular complexity index is 597. The van der Waals surface area contributed by atoms with E-state index in [0.29, 0.717) is 5.92 Å². The molecule has 2 atom stereocenters. The van der Waals surface area contributed by atoms with Crippen LogP contribution in [0.1, 0.15) is 39.2 Å². The molecule has 0 bridgehead atoms. The van der Waals surface area contributed by atoms with Crippen LogP contribution < -0.4 is 10.5 Å². The van der Waals surface area contributed by atoms with Gasteiger partial charge >= 0.3 is 0 Å². The molecule has 1 rings (SSSR count). The molecule has 1 aromatic rings. The monoisotopic (exact) mass is 308 g/mol. The van der Waals surface area contributed by atoms with Crippen molar-refractivity contribution in [3.8, 4) is 11.8 Å². The van der Waals surface area contributed by atoms with Crippen LogP contribution >= 0.6 is 0 Å². The Labute approximate surface area is 128 Å². The van der Waals surface area contributed by atoms with Crippen molar-refractivity contribution < 1.29 is 8.42 Å². The molecule has 2 unspecified atom stereocenters. The van der Waals surface area contributed by atoms with E-state index in [9.17, 15) is 8.42 Å². The fourth-order valence-corrected chi connectivity index (χ4v) is 3.28. The Hall–Kier alpha value is -1.35. The molecule has 4 nitrogen and oxygen atoms in total. The van der Waals surface area contributed by atoms with E-state index in [4.69, 9.17) is 5.73 Å². The van der Waals surface area contributed by atoms with Crippen LogP contribution in [-0.2, 0) is 10.0 Å². The molecule has 0 amide bonds. The predicted octanol–water partition coefficient (Wildman–Crippen LogP) is 2.10. The molecule has 0 saturated carbocycles. The Morgan fingerprint density at radius 2 is 1.86 bits per heavy atom. The van der Waals surface area contributed by atoms with Crippen LogP contribution in [-0.4, -0.2) is 21.0 Å². The largest absolute Gasteiger partial charge is 0.320 e. The van der Waals surface area contributed by atoms with E-state index in [1.54, 1.807) is 24.3 Å². The first kappa shape index (κ1) is 17.7. The fourth-order valence-electron chi connectivity index (χ4n) is 2.02. The van der Waals surface area contributed by atoms with Gasteiger partial charge in [-0.1, -0.05) is 32.1 Å². The minimum Gasteiger partial charge on any atom is -0.320 e. The van der Waals surface area contributed by atoms with Crippen molar-refractivity contribution in [1.82, 2.24) is 4.72 Å². The molecule has 0 radical (unpaired) electrons. The van der Waals surface area contributed by atoms with Crippen molar-refractivity contribution in [3.05, 3.63) is 29.8 Å². The summed E-state index contributed by atoms with van der Waals surface area (Å²) in [6.07, 6.45) is 1.87. The summed E-state index contributed by atoms with van der Waals surface area (Å²) in [7, 11) is -3.47. The van der Waals surface area contributed by atoms with Crippen molar-refractivity contribution in [2.45, 2.75) is 44.6 Å². The highest BCUT2D eigenvalue weighted by atomic mass is 32.2. The van der Waals surface area contributed by atoms with Crippen LogP contribution in [0, 0.1) is 17.8 Å². The zero-order valence-electron chi connectivity index (χ0n) is 12.9. The molecule has 0 aliphatic carbocycles. The zero-order chi connectivity index (χ0) is 15.9. The third kappa shape index (κ3) is 5.88. The molecule has 1 aromatic carbocycles. The molecule has 0 saturated heterocycles. The molecule has 0 aromatic heterocycles. The topological polar surface area (TPSA) is 72.2 Å². The lowest BCUT2D eigenvalue weighted by atomic mass is 10.0. The van der Waals surface area contributed by atoms with Gasteiger partial charge in [-0.2, -0.15) is 0 Å². The van der Waals surface area contributed by atoms with Gasteiger partial charge in [0.15, 0.2) is 0 Å². The summed E-state index contributed by atoms with van der Waals surface area (Å²) >= 11 is 0. The molecule has 5 heteroatoms. The Kier molecular flexibility index (Phi) is 6.90. The molecule has 0 fully saturated rings. The molecular weight excluding hydrogens is 284 g/mol. The first-order valence-corrected chi connectivity index (χ1v) is 8.68. The van der Waals surface area contributed by atoms with Gasteiger partial charge in [0.05, 0.1) is 11.4 Å². The van der Waals surface area contributed by atoms with E-state index in [0.717, 1.165) is 18.4 Å². The van der Waals surface area contributed by atoms with Crippen LogP contribution in [0.4, 0.5) is 0 Å². The van der Waals surface area contributed by atoms with E-state index < -0.39 is 10.0 Å². The normalized spacial score (nSPS) is 14.1. The maximum Gasteiger partial charge on any atom is 0.240 e. The van der Waals surface area contributed by atoms with Gasteiger partial charge in [0.25, 0.3) is 0 Å². The number of hydrogen-bond donors (Lipinski definition) is 2. The average molecular weight is 308 g/mol. The van der Waals surface area contributed by atoms with E-state index in [1.807, 2.05) is 6.92 Å². The van der Waals surface area contributed by atoms with Crippen molar-refractivity contribution in [2.75, 3.05) is 6.54 Å². The van der Waals surface area contributed by atoms with E-state index in [1.165, 1.54) is 0 Å². The van der Waals surface area contributed by atoms with Crippen LogP contribution in [0.5, 0.6) is 0 Å². The molecule has 0 heterocycles. The summed E-state index contributed by atoms with van der Waals surface area (Å²) < 4.78 is 27.3. The van der Waals surface area contributed by atoms with E-state index in [2.05, 4.69) is 30.4 Å². The van der Waals surface area contributed by atoms with Gasteiger partial charge < -0.3 is 5.73 Å². The number of nitrogens with two attached hydrogens (primary N) is 1. The minimum absolute atomic E-state index is 0.0818. The van der Waals surface area contributed by atoms with Crippen LogP contribution in [0.25, 0.3) is 0 Å². The molecular formula is C16H24N2O2S. The Morgan fingerprint density at radius 1 is 1.24 bits per heavy atom. The van der Waals surface area contributed by atoms with Crippen molar-refractivity contribution >= 4 is 10.0 Å². The summed E-state index contributed by atoms with van der Waals surface area (Å²) in [4.78, 5) is 0.261. The van der Waals surface area contributed by atoms with Gasteiger partial charge in [-0.05, 0) is 43.5 Å². The number of sulfonamides is 1. The third-order valence-corrected chi connectivity index (χ3v) is 4.91. The second kappa shape index (κ2) is 8.18. The smallest absolute Gasteiger partial charge is 0.240 e. The second-order valence-electron chi connectivity index (χ2n) is 5.30. The molecule has 21 heavy (non-hydrogen) atoms. The van der Waals surface area contributed by atoms with Gasteiger partial charge in [-0.25, -0.2) is 13.1 Å². The molecule has 3 N–H and O–H groups in total. The van der Waals surface area contributed by atoms with Crippen LogP contribution in [0.3, 0.4) is 0 Å². The lowest BCUT2D eigenvalue weighted by Crippen LogP contribution is -2.33. The molecule has 116 valence electrons. The quantitative estimate of drug-likeness (QED) is 0.791. The highest BCUT2D eigenvalue weighted by Gasteiger charge is 2.18. The molecule has 0 aliphatic rings. The molecule has 0 aliphatic heterocycles. The summed E-state index contributed by atoms with van der Waals surface area (Å²) in [5, 5.41) is 0. The van der Waals surface area contributed by atoms with Gasteiger partial charge in [0, 0.05) is 11.6 Å². The van der Waals surface area contributed by atoms with Crippen molar-refractivity contribution in [2.24, 2.45) is 11.7 Å². The minimum atomic E-state index is -3.47. The third-order valence-electron chi connectivity index (χ3n) is 3.31. The molecule has 0 spiro atoms. The maximum absolute atomic E-state index is 12.3. The summed E-state index contributed by atoms with van der Waals surface area (Å²) in [6, 6.07) is 6.44. The number of hydrogen-bond acceptors (Lipinski definition) is 3. The van der Waals surface area contributed by atoms with Gasteiger partial charge in [-0.3, -0.25) is 0 Å². The SMILES string of the molecule is CCC(C)CC(C)NS(=O)(=O)c1ccc(C#CCN)cc1. The second-order valence-corrected chi connectivity index (χ2v) is 7.02. The van der Waals surface area contributed by atoms with Gasteiger partial charge in [0.2, 0.25) is 10.0 Å². The average Bonchev–Trinajstić information content (AvgIpc) is 2.44. The summed E-state index contributed by atoms with van der Waals surface area (Å²) in [6.45, 7) is 6.40. The van der Waals surface area contributed by atoms with E-state index in [-0.39, 0.29) is 17.5 Å². The highest BCUT2D eigenvalue weighted by molar-refractivity contribution is 7.89. The zero-order valence-corrected chi connectivity index (χ0v) is 13.7. The van der Waals surface area contributed by atoms with Crippen molar-refractivity contribution in [1.29, 1.82) is 0 Å². The van der Waals surface area contributed by atoms with Gasteiger partial charge in [-0.15, -0.1) is 0 Å². The summed E-state index contributed by atoms with van der Waals surface area (Å²) in [5.41, 5.74) is 6.06. The predicted molar refractivity (Wildman–Crippen MR) is 86.2 cm³/mol. The fraction of sp³-hybridized carbons (Fsp3) is 0.500. The van der Waals surface area contributed by atoms with Crippen LogP contribution in [0.2, 0.25) is 0 Å². The Balaban J connectivity index is 2.78.